The minimum atomic E-state index is -4.32. The standard InChI is InChI=1S/C19H26F3N3O2/c1-4-23-18(25-11-13(2)16(12-25)17(26)27-3)24-10-9-14-5-7-15(8-6-14)19(20,21)22/h5-8,13,16H,4,9-12H2,1-3H3,(H,23,24). The van der Waals surface area contributed by atoms with Crippen LogP contribution < -0.4 is 5.32 Å². The van der Waals surface area contributed by atoms with E-state index in [2.05, 4.69) is 10.3 Å². The number of rotatable bonds is 5. The first-order valence-corrected chi connectivity index (χ1v) is 9.03. The van der Waals surface area contributed by atoms with Crippen molar-refractivity contribution in [3.05, 3.63) is 35.4 Å². The zero-order valence-corrected chi connectivity index (χ0v) is 15.8. The highest BCUT2D eigenvalue weighted by Crippen LogP contribution is 2.29. The molecule has 2 unspecified atom stereocenters. The van der Waals surface area contributed by atoms with Gasteiger partial charge in [0.05, 0.1) is 18.6 Å². The van der Waals surface area contributed by atoms with Crippen LogP contribution in [0.5, 0.6) is 0 Å². The zero-order chi connectivity index (χ0) is 20.0. The summed E-state index contributed by atoms with van der Waals surface area (Å²) in [6.07, 6.45) is -3.78. The van der Waals surface area contributed by atoms with Crippen LogP contribution in [0.25, 0.3) is 0 Å². The zero-order valence-electron chi connectivity index (χ0n) is 15.8. The Labute approximate surface area is 157 Å². The van der Waals surface area contributed by atoms with Crippen LogP contribution >= 0.6 is 0 Å². The number of likely N-dealkylation sites (tertiary alicyclic amines) is 1. The van der Waals surface area contributed by atoms with Gasteiger partial charge in [-0.3, -0.25) is 9.79 Å². The highest BCUT2D eigenvalue weighted by molar-refractivity contribution is 5.82. The fourth-order valence-electron chi connectivity index (χ4n) is 3.18. The largest absolute Gasteiger partial charge is 0.469 e. The minimum absolute atomic E-state index is 0.163. The first kappa shape index (κ1) is 21.1. The van der Waals surface area contributed by atoms with Gasteiger partial charge in [0, 0.05) is 26.2 Å². The lowest BCUT2D eigenvalue weighted by Crippen LogP contribution is -2.40. The first-order valence-electron chi connectivity index (χ1n) is 9.03. The van der Waals surface area contributed by atoms with Gasteiger partial charge in [-0.2, -0.15) is 13.2 Å². The summed E-state index contributed by atoms with van der Waals surface area (Å²) in [5.41, 5.74) is 0.146. The fraction of sp³-hybridized carbons (Fsp3) is 0.579. The Kier molecular flexibility index (Phi) is 7.10. The molecule has 0 aliphatic carbocycles. The number of guanidine groups is 1. The molecule has 0 aromatic heterocycles. The molecule has 1 heterocycles. The quantitative estimate of drug-likeness (QED) is 0.481. The second kappa shape index (κ2) is 9.10. The number of esters is 1. The number of benzene rings is 1. The molecular formula is C19H26F3N3O2. The number of aliphatic imine (C=N–C) groups is 1. The van der Waals surface area contributed by atoms with Crippen molar-refractivity contribution in [3.8, 4) is 0 Å². The lowest BCUT2D eigenvalue weighted by molar-refractivity contribution is -0.146. The van der Waals surface area contributed by atoms with Crippen LogP contribution in [0.1, 0.15) is 25.0 Å². The molecule has 0 amide bonds. The molecule has 0 spiro atoms. The topological polar surface area (TPSA) is 53.9 Å². The lowest BCUT2D eigenvalue weighted by atomic mass is 9.99. The summed E-state index contributed by atoms with van der Waals surface area (Å²) in [4.78, 5) is 18.5. The Morgan fingerprint density at radius 1 is 1.30 bits per heavy atom. The van der Waals surface area contributed by atoms with Gasteiger partial charge in [-0.25, -0.2) is 0 Å². The second-order valence-electron chi connectivity index (χ2n) is 6.69. The van der Waals surface area contributed by atoms with Gasteiger partial charge in [0.15, 0.2) is 5.96 Å². The number of nitrogens with zero attached hydrogens (tertiary/aromatic N) is 2. The predicted molar refractivity (Wildman–Crippen MR) is 97.4 cm³/mol. The van der Waals surface area contributed by atoms with E-state index in [0.29, 0.717) is 38.6 Å². The van der Waals surface area contributed by atoms with Crippen LogP contribution in [0.3, 0.4) is 0 Å². The summed E-state index contributed by atoms with van der Waals surface area (Å²) in [7, 11) is 1.39. The van der Waals surface area contributed by atoms with Gasteiger partial charge in [-0.1, -0.05) is 19.1 Å². The highest BCUT2D eigenvalue weighted by Gasteiger charge is 2.36. The van der Waals surface area contributed by atoms with Crippen molar-refractivity contribution in [2.45, 2.75) is 26.4 Å². The van der Waals surface area contributed by atoms with Crippen molar-refractivity contribution in [1.29, 1.82) is 0 Å². The van der Waals surface area contributed by atoms with Crippen LogP contribution in [0.2, 0.25) is 0 Å². The van der Waals surface area contributed by atoms with E-state index < -0.39 is 11.7 Å². The summed E-state index contributed by atoms with van der Waals surface area (Å²) in [6, 6.07) is 5.15. The number of methoxy groups -OCH3 is 1. The van der Waals surface area contributed by atoms with Gasteiger partial charge in [-0.15, -0.1) is 0 Å². The molecule has 5 nitrogen and oxygen atoms in total. The van der Waals surface area contributed by atoms with E-state index in [4.69, 9.17) is 4.74 Å². The molecule has 1 fully saturated rings. The minimum Gasteiger partial charge on any atom is -0.469 e. The van der Waals surface area contributed by atoms with E-state index in [1.54, 1.807) is 0 Å². The number of halogens is 3. The summed E-state index contributed by atoms with van der Waals surface area (Å²) >= 11 is 0. The summed E-state index contributed by atoms with van der Waals surface area (Å²) in [5, 5.41) is 3.21. The fourth-order valence-corrected chi connectivity index (χ4v) is 3.18. The van der Waals surface area contributed by atoms with E-state index in [9.17, 15) is 18.0 Å². The molecule has 2 rings (SSSR count). The average molecular weight is 385 g/mol. The molecule has 1 saturated heterocycles. The molecule has 0 bridgehead atoms. The van der Waals surface area contributed by atoms with Crippen LogP contribution in [-0.2, 0) is 22.1 Å². The third kappa shape index (κ3) is 5.61. The highest BCUT2D eigenvalue weighted by atomic mass is 19.4. The van der Waals surface area contributed by atoms with Crippen molar-refractivity contribution in [2.24, 2.45) is 16.8 Å². The molecule has 0 saturated carbocycles. The van der Waals surface area contributed by atoms with Crippen molar-refractivity contribution in [3.63, 3.8) is 0 Å². The normalized spacial score (nSPS) is 20.7. The third-order valence-electron chi connectivity index (χ3n) is 4.69. The van der Waals surface area contributed by atoms with Crippen LogP contribution in [0, 0.1) is 11.8 Å². The van der Waals surface area contributed by atoms with Crippen molar-refractivity contribution >= 4 is 11.9 Å². The van der Waals surface area contributed by atoms with Gasteiger partial charge in [0.25, 0.3) is 0 Å². The monoisotopic (exact) mass is 385 g/mol. The SMILES string of the molecule is CCNC(=NCCc1ccc(C(F)(F)F)cc1)N1CC(C)C(C(=O)OC)C1. The molecule has 1 aliphatic rings. The maximum atomic E-state index is 12.6. The van der Waals surface area contributed by atoms with E-state index >= 15 is 0 Å². The lowest BCUT2D eigenvalue weighted by Gasteiger charge is -2.21. The molecule has 1 N–H and O–H groups in total. The van der Waals surface area contributed by atoms with Crippen LogP contribution in [-0.4, -0.2) is 50.1 Å². The number of carbonyl (C=O) groups excluding carboxylic acids is 1. The Balaban J connectivity index is 1.98. The summed E-state index contributed by atoms with van der Waals surface area (Å²) in [5.74, 6) is 0.471. The van der Waals surface area contributed by atoms with E-state index in [1.165, 1.54) is 19.2 Å². The Hall–Kier alpha value is -2.25. The Morgan fingerprint density at radius 2 is 1.96 bits per heavy atom. The number of nitrogens with one attached hydrogen (secondary N) is 1. The maximum Gasteiger partial charge on any atom is 0.416 e. The van der Waals surface area contributed by atoms with Gasteiger partial charge in [0.1, 0.15) is 0 Å². The van der Waals surface area contributed by atoms with Crippen molar-refractivity contribution < 1.29 is 22.7 Å². The third-order valence-corrected chi connectivity index (χ3v) is 4.69. The van der Waals surface area contributed by atoms with Crippen LogP contribution in [0.4, 0.5) is 13.2 Å². The van der Waals surface area contributed by atoms with Crippen molar-refractivity contribution in [1.82, 2.24) is 10.2 Å². The smallest absolute Gasteiger partial charge is 0.416 e. The Morgan fingerprint density at radius 3 is 2.52 bits per heavy atom. The molecule has 2 atom stereocenters. The predicted octanol–water partition coefficient (Wildman–Crippen LogP) is 2.95. The summed E-state index contributed by atoms with van der Waals surface area (Å²) in [6.45, 7) is 6.34. The van der Waals surface area contributed by atoms with Gasteiger partial charge in [0.2, 0.25) is 0 Å². The van der Waals surface area contributed by atoms with Crippen LogP contribution in [0.15, 0.2) is 29.3 Å². The molecular weight excluding hydrogens is 359 g/mol. The maximum absolute atomic E-state index is 12.6. The molecule has 8 heteroatoms. The molecule has 0 radical (unpaired) electrons. The molecule has 27 heavy (non-hydrogen) atoms. The van der Waals surface area contributed by atoms with Gasteiger partial charge in [-0.05, 0) is 37.0 Å². The van der Waals surface area contributed by atoms with Crippen molar-refractivity contribution in [2.75, 3.05) is 33.3 Å². The number of alkyl halides is 3. The first-order chi connectivity index (χ1) is 12.8. The van der Waals surface area contributed by atoms with Gasteiger partial charge < -0.3 is 15.0 Å². The average Bonchev–Trinajstić information content (AvgIpc) is 3.01. The number of hydrogen-bond acceptors (Lipinski definition) is 3. The molecule has 150 valence electrons. The van der Waals surface area contributed by atoms with Gasteiger partial charge >= 0.3 is 12.1 Å². The van der Waals surface area contributed by atoms with E-state index in [1.807, 2.05) is 18.7 Å². The number of ether oxygens (including phenoxy) is 1. The summed E-state index contributed by atoms with van der Waals surface area (Å²) < 4.78 is 42.7. The van der Waals surface area contributed by atoms with E-state index in [-0.39, 0.29) is 17.8 Å². The number of hydrogen-bond donors (Lipinski definition) is 1. The number of carbonyl (C=O) groups is 1. The van der Waals surface area contributed by atoms with E-state index in [0.717, 1.165) is 17.7 Å². The molecule has 1 aromatic carbocycles. The molecule has 1 aliphatic heterocycles. The Bertz CT molecular complexity index is 659. The molecule has 1 aromatic rings. The second-order valence-corrected chi connectivity index (χ2v) is 6.69.